The third kappa shape index (κ3) is 3.84. The lowest BCUT2D eigenvalue weighted by Crippen LogP contribution is -2.07. The average Bonchev–Trinajstić information content (AvgIpc) is 2.35. The predicted octanol–water partition coefficient (Wildman–Crippen LogP) is 4.09. The minimum Gasteiger partial charge on any atom is -0.353 e. The summed E-state index contributed by atoms with van der Waals surface area (Å²) in [6, 6.07) is 8.64. The number of hydrogen-bond acceptors (Lipinski definition) is 3. The van der Waals surface area contributed by atoms with E-state index in [4.69, 9.17) is 23.2 Å². The van der Waals surface area contributed by atoms with E-state index in [9.17, 15) is 4.79 Å². The van der Waals surface area contributed by atoms with Crippen LogP contribution in [0.1, 0.15) is 6.92 Å². The van der Waals surface area contributed by atoms with Crippen LogP contribution >= 0.6 is 23.2 Å². The number of halogens is 2. The number of pyridine rings is 1. The van der Waals surface area contributed by atoms with Gasteiger partial charge in [0.2, 0.25) is 5.91 Å². The summed E-state index contributed by atoms with van der Waals surface area (Å²) in [6.45, 7) is 1.43. The van der Waals surface area contributed by atoms with Gasteiger partial charge in [0.1, 0.15) is 5.82 Å². The second-order valence-electron chi connectivity index (χ2n) is 3.86. The fraction of sp³-hybridized carbons (Fsp3) is 0.0769. The lowest BCUT2D eigenvalue weighted by Gasteiger charge is -2.09. The lowest BCUT2D eigenvalue weighted by atomic mass is 10.3. The minimum absolute atomic E-state index is 0.161. The van der Waals surface area contributed by atoms with Crippen LogP contribution < -0.4 is 10.6 Å². The molecule has 0 bridgehead atoms. The molecular weight excluding hydrogens is 285 g/mol. The Hall–Kier alpha value is -1.78. The molecule has 0 fully saturated rings. The monoisotopic (exact) mass is 295 g/mol. The first kappa shape index (κ1) is 13.6. The highest BCUT2D eigenvalue weighted by atomic mass is 35.5. The molecule has 98 valence electrons. The van der Waals surface area contributed by atoms with Gasteiger partial charge < -0.3 is 10.6 Å². The molecule has 6 heteroatoms. The summed E-state index contributed by atoms with van der Waals surface area (Å²) >= 11 is 12.0. The number of anilines is 3. The van der Waals surface area contributed by atoms with E-state index < -0.39 is 0 Å². The molecule has 0 spiro atoms. The molecule has 0 aliphatic heterocycles. The van der Waals surface area contributed by atoms with E-state index in [2.05, 4.69) is 15.6 Å². The Morgan fingerprint density at radius 3 is 2.63 bits per heavy atom. The van der Waals surface area contributed by atoms with Gasteiger partial charge in [0.05, 0.1) is 22.6 Å². The van der Waals surface area contributed by atoms with Gasteiger partial charge in [0, 0.05) is 11.9 Å². The largest absolute Gasteiger partial charge is 0.353 e. The van der Waals surface area contributed by atoms with Crippen LogP contribution in [-0.4, -0.2) is 10.9 Å². The number of aromatic nitrogens is 1. The van der Waals surface area contributed by atoms with Gasteiger partial charge in [-0.25, -0.2) is 4.98 Å². The molecule has 0 radical (unpaired) electrons. The summed E-state index contributed by atoms with van der Waals surface area (Å²) in [5.41, 5.74) is 1.45. The van der Waals surface area contributed by atoms with Crippen molar-refractivity contribution in [3.05, 3.63) is 46.6 Å². The second-order valence-corrected chi connectivity index (χ2v) is 4.71. The van der Waals surface area contributed by atoms with E-state index in [-0.39, 0.29) is 5.91 Å². The molecule has 1 aromatic carbocycles. The highest BCUT2D eigenvalue weighted by molar-refractivity contribution is 6.35. The van der Waals surface area contributed by atoms with Crippen LogP contribution in [0.15, 0.2) is 36.5 Å². The van der Waals surface area contributed by atoms with E-state index in [0.717, 1.165) is 5.69 Å². The summed E-state index contributed by atoms with van der Waals surface area (Å²) in [7, 11) is 0. The van der Waals surface area contributed by atoms with Crippen molar-refractivity contribution in [1.29, 1.82) is 0 Å². The van der Waals surface area contributed by atoms with Crippen molar-refractivity contribution in [2.75, 3.05) is 10.6 Å². The fourth-order valence-electron chi connectivity index (χ4n) is 1.47. The van der Waals surface area contributed by atoms with Crippen LogP contribution in [0.5, 0.6) is 0 Å². The Morgan fingerprint density at radius 1 is 1.21 bits per heavy atom. The van der Waals surface area contributed by atoms with E-state index >= 15 is 0 Å². The predicted molar refractivity (Wildman–Crippen MR) is 78.3 cm³/mol. The van der Waals surface area contributed by atoms with Crippen molar-refractivity contribution in [2.24, 2.45) is 0 Å². The van der Waals surface area contributed by atoms with Crippen LogP contribution in [0, 0.1) is 0 Å². The topological polar surface area (TPSA) is 54.0 Å². The van der Waals surface area contributed by atoms with E-state index in [1.54, 1.807) is 36.5 Å². The molecule has 2 aromatic rings. The number of nitrogens with zero attached hydrogens (tertiary/aromatic N) is 1. The van der Waals surface area contributed by atoms with Gasteiger partial charge in [-0.1, -0.05) is 23.2 Å². The molecule has 0 unspecified atom stereocenters. The zero-order chi connectivity index (χ0) is 13.8. The highest BCUT2D eigenvalue weighted by Crippen LogP contribution is 2.28. The number of hydrogen-bond donors (Lipinski definition) is 2. The maximum Gasteiger partial charge on any atom is 0.222 e. The Balaban J connectivity index is 2.15. The fourth-order valence-corrected chi connectivity index (χ4v) is 1.81. The third-order valence-electron chi connectivity index (χ3n) is 2.27. The zero-order valence-electron chi connectivity index (χ0n) is 10.1. The Morgan fingerprint density at radius 2 is 2.00 bits per heavy atom. The number of nitrogens with one attached hydrogen (secondary N) is 2. The van der Waals surface area contributed by atoms with Gasteiger partial charge in [-0.05, 0) is 30.3 Å². The SMILES string of the molecule is CC(=O)Nc1ccc(Nc2cc(Cl)ccc2Cl)cn1. The molecule has 0 aliphatic rings. The van der Waals surface area contributed by atoms with Crippen LogP contribution in [0.4, 0.5) is 17.2 Å². The van der Waals surface area contributed by atoms with Crippen molar-refractivity contribution in [1.82, 2.24) is 4.98 Å². The van der Waals surface area contributed by atoms with Gasteiger partial charge in [-0.3, -0.25) is 4.79 Å². The van der Waals surface area contributed by atoms with Gasteiger partial charge in [-0.2, -0.15) is 0 Å². The third-order valence-corrected chi connectivity index (χ3v) is 2.84. The minimum atomic E-state index is -0.161. The van der Waals surface area contributed by atoms with E-state index in [1.165, 1.54) is 6.92 Å². The van der Waals surface area contributed by atoms with Crippen LogP contribution in [0.3, 0.4) is 0 Å². The van der Waals surface area contributed by atoms with Gasteiger partial charge in [0.25, 0.3) is 0 Å². The number of amides is 1. The van der Waals surface area contributed by atoms with Gasteiger partial charge >= 0.3 is 0 Å². The van der Waals surface area contributed by atoms with Crippen molar-refractivity contribution in [2.45, 2.75) is 6.92 Å². The quantitative estimate of drug-likeness (QED) is 0.897. The summed E-state index contributed by atoms with van der Waals surface area (Å²) in [4.78, 5) is 15.0. The molecule has 1 heterocycles. The number of carbonyl (C=O) groups excluding carboxylic acids is 1. The first-order chi connectivity index (χ1) is 9.04. The summed E-state index contributed by atoms with van der Waals surface area (Å²) in [6.07, 6.45) is 1.60. The first-order valence-corrected chi connectivity index (χ1v) is 6.26. The van der Waals surface area contributed by atoms with Crippen molar-refractivity contribution in [3.8, 4) is 0 Å². The molecule has 1 aromatic heterocycles. The molecule has 1 amide bonds. The molecule has 19 heavy (non-hydrogen) atoms. The van der Waals surface area contributed by atoms with Crippen molar-refractivity contribution < 1.29 is 4.79 Å². The summed E-state index contributed by atoms with van der Waals surface area (Å²) in [5.74, 6) is 0.335. The Labute approximate surface area is 120 Å². The molecular formula is C13H11Cl2N3O. The smallest absolute Gasteiger partial charge is 0.222 e. The van der Waals surface area contributed by atoms with Crippen molar-refractivity contribution in [3.63, 3.8) is 0 Å². The van der Waals surface area contributed by atoms with Crippen LogP contribution in [0.2, 0.25) is 10.0 Å². The maximum absolute atomic E-state index is 10.9. The molecule has 0 saturated carbocycles. The standard InChI is InChI=1S/C13H11Cl2N3O/c1-8(19)17-13-5-3-10(7-16-13)18-12-6-9(14)2-4-11(12)15/h2-7,18H,1H3,(H,16,17,19). The molecule has 4 nitrogen and oxygen atoms in total. The normalized spacial score (nSPS) is 10.1. The zero-order valence-corrected chi connectivity index (χ0v) is 11.6. The van der Waals surface area contributed by atoms with Crippen molar-refractivity contribution >= 4 is 46.3 Å². The van der Waals surface area contributed by atoms with Crippen LogP contribution in [0.25, 0.3) is 0 Å². The average molecular weight is 296 g/mol. The van der Waals surface area contributed by atoms with Gasteiger partial charge in [-0.15, -0.1) is 0 Å². The van der Waals surface area contributed by atoms with Gasteiger partial charge in [0.15, 0.2) is 0 Å². The first-order valence-electron chi connectivity index (χ1n) is 5.50. The lowest BCUT2D eigenvalue weighted by molar-refractivity contribution is -0.114. The maximum atomic E-state index is 10.9. The van der Waals surface area contributed by atoms with Crippen LogP contribution in [-0.2, 0) is 4.79 Å². The molecule has 0 saturated heterocycles. The molecule has 2 N–H and O–H groups in total. The summed E-state index contributed by atoms with van der Waals surface area (Å²) < 4.78 is 0. The second kappa shape index (κ2) is 5.91. The molecule has 0 aliphatic carbocycles. The summed E-state index contributed by atoms with van der Waals surface area (Å²) in [5, 5.41) is 6.85. The Kier molecular flexibility index (Phi) is 4.24. The van der Waals surface area contributed by atoms with E-state index in [1.807, 2.05) is 0 Å². The Bertz CT molecular complexity index is 599. The number of carbonyl (C=O) groups is 1. The number of rotatable bonds is 3. The van der Waals surface area contributed by atoms with E-state index in [0.29, 0.717) is 21.6 Å². The number of benzene rings is 1. The highest BCUT2D eigenvalue weighted by Gasteiger charge is 2.03. The molecule has 0 atom stereocenters. The molecule has 2 rings (SSSR count).